The number of aliphatic hydroxyl groups is 3. The second kappa shape index (κ2) is 5.03. The summed E-state index contributed by atoms with van der Waals surface area (Å²) in [6.07, 6.45) is -4.80. The number of hydrogen-bond acceptors (Lipinski definition) is 9. The number of nitrogens with two attached hydrogens (primary N) is 2. The van der Waals surface area contributed by atoms with Gasteiger partial charge in [-0.2, -0.15) is 9.66 Å². The number of hydrogen-bond donors (Lipinski definition) is 6. The van der Waals surface area contributed by atoms with Crippen LogP contribution in [0.5, 0.6) is 0 Å². The zero-order valence-electron chi connectivity index (χ0n) is 11.1. The van der Waals surface area contributed by atoms with Crippen molar-refractivity contribution in [3.05, 3.63) is 15.1 Å². The van der Waals surface area contributed by atoms with Crippen molar-refractivity contribution >= 4 is 29.3 Å². The average molecular weight is 330 g/mol. The number of nitrogens with zero attached hydrogens (tertiary/aromatic N) is 3. The first kappa shape index (κ1) is 14.9. The van der Waals surface area contributed by atoms with E-state index in [1.807, 2.05) is 0 Å². The molecule has 2 aromatic heterocycles. The van der Waals surface area contributed by atoms with Gasteiger partial charge in [0.25, 0.3) is 5.56 Å². The van der Waals surface area contributed by atoms with Crippen molar-refractivity contribution in [2.75, 3.05) is 18.2 Å². The average Bonchev–Trinajstić information content (AvgIpc) is 2.95. The molecule has 0 saturated carbocycles. The van der Waals surface area contributed by atoms with Crippen LogP contribution in [0.3, 0.4) is 0 Å². The summed E-state index contributed by atoms with van der Waals surface area (Å²) >= 11 is 5.10. The Morgan fingerprint density at radius 2 is 2.09 bits per heavy atom. The summed E-state index contributed by atoms with van der Waals surface area (Å²) in [5.74, 6) is 5.20. The minimum absolute atomic E-state index is 0.0144. The van der Waals surface area contributed by atoms with E-state index in [-0.39, 0.29) is 21.9 Å². The number of imidazole rings is 1. The first-order chi connectivity index (χ1) is 10.4. The van der Waals surface area contributed by atoms with E-state index in [0.717, 1.165) is 0 Å². The Balaban J connectivity index is 2.22. The highest BCUT2D eigenvalue weighted by molar-refractivity contribution is 7.71. The van der Waals surface area contributed by atoms with E-state index in [9.17, 15) is 15.0 Å². The molecular formula is C10H14N6O5S. The maximum absolute atomic E-state index is 12.0. The summed E-state index contributed by atoms with van der Waals surface area (Å²) in [6, 6.07) is 0. The van der Waals surface area contributed by atoms with E-state index in [0.29, 0.717) is 4.68 Å². The van der Waals surface area contributed by atoms with Gasteiger partial charge in [0, 0.05) is 0 Å². The number of fused-ring (bicyclic) bond motifs is 1. The molecule has 3 rings (SSSR count). The lowest BCUT2D eigenvalue weighted by molar-refractivity contribution is -0.0517. The molecule has 0 radical (unpaired) electrons. The Kier molecular flexibility index (Phi) is 3.41. The van der Waals surface area contributed by atoms with Gasteiger partial charge >= 0.3 is 0 Å². The van der Waals surface area contributed by atoms with Gasteiger partial charge in [0.2, 0.25) is 5.95 Å². The first-order valence-electron chi connectivity index (χ1n) is 6.27. The summed E-state index contributed by atoms with van der Waals surface area (Å²) in [5, 5.41) is 29.0. The third-order valence-corrected chi connectivity index (χ3v) is 3.87. The van der Waals surface area contributed by atoms with Crippen LogP contribution in [0.1, 0.15) is 6.23 Å². The number of H-pyrrole nitrogens is 1. The third-order valence-electron chi connectivity index (χ3n) is 3.57. The Morgan fingerprint density at radius 1 is 1.41 bits per heavy atom. The lowest BCUT2D eigenvalue weighted by Crippen LogP contribution is -2.33. The fraction of sp³-hybridized carbons (Fsp3) is 0.500. The van der Waals surface area contributed by atoms with Crippen LogP contribution in [0.25, 0.3) is 11.2 Å². The zero-order chi connectivity index (χ0) is 16.2. The van der Waals surface area contributed by atoms with Gasteiger partial charge in [0.1, 0.15) is 18.3 Å². The van der Waals surface area contributed by atoms with Gasteiger partial charge in [-0.1, -0.05) is 0 Å². The highest BCUT2D eigenvalue weighted by Gasteiger charge is 2.44. The van der Waals surface area contributed by atoms with Crippen LogP contribution in [0, 0.1) is 4.77 Å². The van der Waals surface area contributed by atoms with Gasteiger partial charge in [-0.15, -0.1) is 0 Å². The number of ether oxygens (including phenoxy) is 1. The van der Waals surface area contributed by atoms with Crippen LogP contribution in [-0.2, 0) is 4.74 Å². The fourth-order valence-electron chi connectivity index (χ4n) is 2.41. The highest BCUT2D eigenvalue weighted by atomic mass is 32.1. The summed E-state index contributed by atoms with van der Waals surface area (Å²) in [7, 11) is 0. The Morgan fingerprint density at radius 3 is 2.68 bits per heavy atom. The summed E-state index contributed by atoms with van der Waals surface area (Å²) in [6.45, 7) is -0.490. The van der Waals surface area contributed by atoms with E-state index in [1.54, 1.807) is 0 Å². The number of anilines is 1. The van der Waals surface area contributed by atoms with Crippen LogP contribution in [-0.4, -0.2) is 59.4 Å². The molecule has 0 bridgehead atoms. The van der Waals surface area contributed by atoms with Crippen LogP contribution in [0.15, 0.2) is 4.79 Å². The molecule has 11 nitrogen and oxygen atoms in total. The van der Waals surface area contributed by atoms with Crippen molar-refractivity contribution in [1.82, 2.24) is 19.2 Å². The number of aliphatic hydroxyl groups excluding tert-OH is 3. The number of nitrogens with one attached hydrogen (secondary N) is 1. The Labute approximate surface area is 127 Å². The van der Waals surface area contributed by atoms with Gasteiger partial charge < -0.3 is 36.6 Å². The Hall–Kier alpha value is -1.99. The lowest BCUT2D eigenvalue weighted by atomic mass is 10.1. The predicted molar refractivity (Wildman–Crippen MR) is 76.7 cm³/mol. The monoisotopic (exact) mass is 330 g/mol. The molecule has 4 atom stereocenters. The van der Waals surface area contributed by atoms with Gasteiger partial charge in [-0.3, -0.25) is 9.36 Å². The van der Waals surface area contributed by atoms with Crippen molar-refractivity contribution in [3.8, 4) is 0 Å². The van der Waals surface area contributed by atoms with Crippen molar-refractivity contribution in [1.29, 1.82) is 0 Å². The zero-order valence-corrected chi connectivity index (χ0v) is 11.9. The highest BCUT2D eigenvalue weighted by Crippen LogP contribution is 2.31. The van der Waals surface area contributed by atoms with Crippen molar-refractivity contribution < 1.29 is 20.1 Å². The molecule has 22 heavy (non-hydrogen) atoms. The van der Waals surface area contributed by atoms with Crippen LogP contribution in [0.4, 0.5) is 5.95 Å². The number of nitrogen functional groups attached to an aromatic ring is 2. The summed E-state index contributed by atoms with van der Waals surface area (Å²) in [5.41, 5.74) is 4.92. The molecule has 120 valence electrons. The molecule has 0 aliphatic carbocycles. The van der Waals surface area contributed by atoms with Crippen LogP contribution in [0.2, 0.25) is 0 Å². The fourth-order valence-corrected chi connectivity index (χ4v) is 2.71. The number of aromatic nitrogens is 4. The molecule has 0 aromatic carbocycles. The molecule has 8 N–H and O–H groups in total. The van der Waals surface area contributed by atoms with Gasteiger partial charge in [0.15, 0.2) is 22.2 Å². The molecule has 1 aliphatic heterocycles. The maximum atomic E-state index is 12.0. The van der Waals surface area contributed by atoms with Gasteiger partial charge in [-0.05, 0) is 12.2 Å². The molecule has 0 spiro atoms. The standard InChI is InChI=1S/C10H14N6O5S/c11-9-14-6-3(7(20)16(9)12)13-10(22)15(6)8-5(19)4(18)2(1-17)21-8/h2,4-5,8,17-19H,1,12H2,(H2,11,14)(H,13,22)/t2-,4?,5?,8-/m1/s1. The second-order valence-corrected chi connectivity index (χ2v) is 5.26. The second-order valence-electron chi connectivity index (χ2n) is 4.87. The SMILES string of the molecule is Nc1nc2c([nH]c(=S)n2[C@@H]2O[C@H](CO)C(O)C2O)c(=O)n1N. The third kappa shape index (κ3) is 1.93. The molecule has 3 heterocycles. The van der Waals surface area contributed by atoms with Crippen LogP contribution >= 0.6 is 12.2 Å². The molecule has 12 heteroatoms. The smallest absolute Gasteiger partial charge is 0.299 e. The minimum atomic E-state index is -1.37. The summed E-state index contributed by atoms with van der Waals surface area (Å²) in [4.78, 5) is 18.6. The minimum Gasteiger partial charge on any atom is -0.394 e. The van der Waals surface area contributed by atoms with E-state index in [4.69, 9.17) is 33.6 Å². The van der Waals surface area contributed by atoms with Gasteiger partial charge in [-0.25, -0.2) is 0 Å². The Bertz CT molecular complexity index is 843. The van der Waals surface area contributed by atoms with E-state index < -0.39 is 36.7 Å². The topological polar surface area (TPSA) is 178 Å². The molecule has 1 aliphatic rings. The number of aromatic amines is 1. The van der Waals surface area contributed by atoms with Crippen molar-refractivity contribution in [2.24, 2.45) is 0 Å². The molecule has 1 fully saturated rings. The van der Waals surface area contributed by atoms with E-state index in [2.05, 4.69) is 9.97 Å². The first-order valence-corrected chi connectivity index (χ1v) is 6.68. The molecule has 2 aromatic rings. The van der Waals surface area contributed by atoms with E-state index >= 15 is 0 Å². The molecule has 1 saturated heterocycles. The van der Waals surface area contributed by atoms with Crippen molar-refractivity contribution in [2.45, 2.75) is 24.5 Å². The number of rotatable bonds is 2. The predicted octanol–water partition coefficient (Wildman–Crippen LogP) is -2.84. The largest absolute Gasteiger partial charge is 0.394 e. The van der Waals surface area contributed by atoms with Crippen LogP contribution < -0.4 is 17.1 Å². The van der Waals surface area contributed by atoms with E-state index in [1.165, 1.54) is 4.57 Å². The maximum Gasteiger partial charge on any atom is 0.299 e. The normalized spacial score (nSPS) is 28.5. The molecule has 2 unspecified atom stereocenters. The van der Waals surface area contributed by atoms with Gasteiger partial charge in [0.05, 0.1) is 6.61 Å². The van der Waals surface area contributed by atoms with Crippen molar-refractivity contribution in [3.63, 3.8) is 0 Å². The lowest BCUT2D eigenvalue weighted by Gasteiger charge is -2.16. The molecular weight excluding hydrogens is 316 g/mol. The molecule has 0 amide bonds. The quantitative estimate of drug-likeness (QED) is 0.250. The summed E-state index contributed by atoms with van der Waals surface area (Å²) < 4.78 is 7.27.